The third-order valence-electron chi connectivity index (χ3n) is 2.59. The summed E-state index contributed by atoms with van der Waals surface area (Å²) >= 11 is 0. The molecule has 0 heterocycles. The van der Waals surface area contributed by atoms with Gasteiger partial charge < -0.3 is 10.1 Å². The van der Waals surface area contributed by atoms with Gasteiger partial charge in [-0.3, -0.25) is 4.72 Å². The van der Waals surface area contributed by atoms with Crippen molar-refractivity contribution in [1.29, 1.82) is 0 Å². The lowest BCUT2D eigenvalue weighted by molar-refractivity contribution is 0.417. The fourth-order valence-electron chi connectivity index (χ4n) is 1.63. The Balaban J connectivity index is 2.69. The lowest BCUT2D eigenvalue weighted by Crippen LogP contribution is -2.27. The molecule has 0 bridgehead atoms. The molecular weight excluding hydrogens is 264 g/mol. The van der Waals surface area contributed by atoms with Gasteiger partial charge in [-0.2, -0.15) is 0 Å². The number of sulfonamides is 1. The maximum atomic E-state index is 11.9. The molecule has 1 aromatic carbocycles. The smallest absolute Gasteiger partial charge is 0.234 e. The van der Waals surface area contributed by atoms with E-state index in [-0.39, 0.29) is 5.75 Å². The summed E-state index contributed by atoms with van der Waals surface area (Å²) in [5, 5.41) is 3.07. The maximum absolute atomic E-state index is 11.9. The fourth-order valence-corrected chi connectivity index (χ4v) is 2.64. The number of benzene rings is 1. The minimum absolute atomic E-state index is 0.0457. The van der Waals surface area contributed by atoms with Crippen LogP contribution in [0.1, 0.15) is 18.9 Å². The van der Waals surface area contributed by atoms with Gasteiger partial charge in [0.25, 0.3) is 0 Å². The molecule has 0 aliphatic heterocycles. The Kier molecular flexibility index (Phi) is 6.11. The average molecular weight is 286 g/mol. The van der Waals surface area contributed by atoms with Crippen molar-refractivity contribution in [2.45, 2.75) is 20.3 Å². The molecule has 0 aliphatic carbocycles. The van der Waals surface area contributed by atoms with E-state index in [9.17, 15) is 8.42 Å². The highest BCUT2D eigenvalue weighted by Crippen LogP contribution is 2.26. The summed E-state index contributed by atoms with van der Waals surface area (Å²) in [6.07, 6.45) is 0.985. The summed E-state index contributed by atoms with van der Waals surface area (Å²) < 4.78 is 31.6. The first-order valence-electron chi connectivity index (χ1n) is 6.34. The van der Waals surface area contributed by atoms with Crippen LogP contribution < -0.4 is 14.8 Å². The van der Waals surface area contributed by atoms with Crippen LogP contribution >= 0.6 is 0 Å². The van der Waals surface area contributed by atoms with Crippen molar-refractivity contribution in [3.63, 3.8) is 0 Å². The Morgan fingerprint density at radius 2 is 2.00 bits per heavy atom. The van der Waals surface area contributed by atoms with Crippen LogP contribution in [0.15, 0.2) is 18.2 Å². The molecule has 0 unspecified atom stereocenters. The summed E-state index contributed by atoms with van der Waals surface area (Å²) in [6.45, 7) is 5.21. The van der Waals surface area contributed by atoms with Gasteiger partial charge >= 0.3 is 0 Å². The van der Waals surface area contributed by atoms with Crippen molar-refractivity contribution in [3.8, 4) is 5.75 Å². The molecular formula is C13H22N2O3S. The fraction of sp³-hybridized carbons (Fsp3) is 0.538. The number of ether oxygens (including phenoxy) is 1. The molecule has 19 heavy (non-hydrogen) atoms. The highest BCUT2D eigenvalue weighted by atomic mass is 32.2. The highest BCUT2D eigenvalue weighted by Gasteiger charge is 2.13. The third kappa shape index (κ3) is 5.48. The van der Waals surface area contributed by atoms with Crippen molar-refractivity contribution < 1.29 is 13.2 Å². The van der Waals surface area contributed by atoms with E-state index < -0.39 is 10.0 Å². The van der Waals surface area contributed by atoms with Gasteiger partial charge in [-0.1, -0.05) is 13.0 Å². The van der Waals surface area contributed by atoms with Gasteiger partial charge in [0.05, 0.1) is 18.6 Å². The standard InChI is InChI=1S/C13H22N2O3S/c1-4-7-14-8-9-19(16,17)15-12-10-11(2)5-6-13(12)18-3/h5-6,10,14-15H,4,7-9H2,1-3H3. The minimum Gasteiger partial charge on any atom is -0.495 e. The van der Waals surface area contributed by atoms with Crippen molar-refractivity contribution >= 4 is 15.7 Å². The van der Waals surface area contributed by atoms with E-state index in [4.69, 9.17) is 4.74 Å². The molecule has 1 aromatic rings. The molecule has 0 saturated carbocycles. The van der Waals surface area contributed by atoms with Gasteiger partial charge in [0.1, 0.15) is 5.75 Å². The van der Waals surface area contributed by atoms with Crippen LogP contribution in [0.2, 0.25) is 0 Å². The molecule has 6 heteroatoms. The van der Waals surface area contributed by atoms with Crippen molar-refractivity contribution in [2.24, 2.45) is 0 Å². The van der Waals surface area contributed by atoms with Gasteiger partial charge in [0.2, 0.25) is 10.0 Å². The van der Waals surface area contributed by atoms with Gasteiger partial charge in [-0.05, 0) is 37.6 Å². The average Bonchev–Trinajstić information content (AvgIpc) is 2.34. The predicted octanol–water partition coefficient (Wildman–Crippen LogP) is 1.74. The van der Waals surface area contributed by atoms with Crippen molar-refractivity contribution in [1.82, 2.24) is 5.32 Å². The Hall–Kier alpha value is -1.27. The predicted molar refractivity (Wildman–Crippen MR) is 78.3 cm³/mol. The normalized spacial score (nSPS) is 11.3. The molecule has 0 aromatic heterocycles. The third-order valence-corrected chi connectivity index (χ3v) is 3.87. The number of methoxy groups -OCH3 is 1. The zero-order chi connectivity index (χ0) is 14.3. The molecule has 0 amide bonds. The number of hydrogen-bond acceptors (Lipinski definition) is 4. The largest absolute Gasteiger partial charge is 0.495 e. The molecule has 108 valence electrons. The number of nitrogens with one attached hydrogen (secondary N) is 2. The molecule has 0 aliphatic rings. The van der Waals surface area contributed by atoms with Crippen LogP contribution in [-0.4, -0.2) is 34.4 Å². The maximum Gasteiger partial charge on any atom is 0.234 e. The molecule has 0 atom stereocenters. The van der Waals surface area contributed by atoms with Crippen LogP contribution in [0.4, 0.5) is 5.69 Å². The molecule has 0 fully saturated rings. The van der Waals surface area contributed by atoms with E-state index in [2.05, 4.69) is 10.0 Å². The molecule has 2 N–H and O–H groups in total. The SMILES string of the molecule is CCCNCCS(=O)(=O)Nc1cc(C)ccc1OC. The Morgan fingerprint density at radius 3 is 2.63 bits per heavy atom. The zero-order valence-electron chi connectivity index (χ0n) is 11.7. The van der Waals surface area contributed by atoms with Crippen LogP contribution in [0.3, 0.4) is 0 Å². The summed E-state index contributed by atoms with van der Waals surface area (Å²) in [5.74, 6) is 0.570. The molecule has 0 spiro atoms. The van der Waals surface area contributed by atoms with E-state index >= 15 is 0 Å². The van der Waals surface area contributed by atoms with Gasteiger partial charge in [-0.25, -0.2) is 8.42 Å². The van der Waals surface area contributed by atoms with Gasteiger partial charge in [-0.15, -0.1) is 0 Å². The number of hydrogen-bond donors (Lipinski definition) is 2. The second kappa shape index (κ2) is 7.35. The van der Waals surface area contributed by atoms with Gasteiger partial charge in [0.15, 0.2) is 0 Å². The molecule has 1 rings (SSSR count). The van der Waals surface area contributed by atoms with E-state index in [1.165, 1.54) is 7.11 Å². The quantitative estimate of drug-likeness (QED) is 0.714. The molecule has 0 radical (unpaired) electrons. The molecule has 5 nitrogen and oxygen atoms in total. The topological polar surface area (TPSA) is 67.4 Å². The Morgan fingerprint density at radius 1 is 1.26 bits per heavy atom. The lowest BCUT2D eigenvalue weighted by Gasteiger charge is -2.12. The first-order chi connectivity index (χ1) is 8.98. The van der Waals surface area contributed by atoms with E-state index in [0.717, 1.165) is 18.5 Å². The summed E-state index contributed by atoms with van der Waals surface area (Å²) in [7, 11) is -1.84. The second-order valence-electron chi connectivity index (χ2n) is 4.37. The number of aryl methyl sites for hydroxylation is 1. The number of rotatable bonds is 8. The lowest BCUT2D eigenvalue weighted by atomic mass is 10.2. The minimum atomic E-state index is -3.36. The van der Waals surface area contributed by atoms with Crippen molar-refractivity contribution in [3.05, 3.63) is 23.8 Å². The summed E-state index contributed by atoms with van der Waals surface area (Å²) in [4.78, 5) is 0. The summed E-state index contributed by atoms with van der Waals surface area (Å²) in [5.41, 5.74) is 1.46. The monoisotopic (exact) mass is 286 g/mol. The van der Waals surface area contributed by atoms with Crippen molar-refractivity contribution in [2.75, 3.05) is 30.7 Å². The first-order valence-corrected chi connectivity index (χ1v) is 7.99. The van der Waals surface area contributed by atoms with Crippen LogP contribution in [0, 0.1) is 6.92 Å². The van der Waals surface area contributed by atoms with E-state index in [1.54, 1.807) is 12.1 Å². The summed E-state index contributed by atoms with van der Waals surface area (Å²) in [6, 6.07) is 5.39. The van der Waals surface area contributed by atoms with E-state index in [0.29, 0.717) is 18.0 Å². The van der Waals surface area contributed by atoms with E-state index in [1.807, 2.05) is 19.9 Å². The second-order valence-corrected chi connectivity index (χ2v) is 6.22. The first kappa shape index (κ1) is 15.8. The highest BCUT2D eigenvalue weighted by molar-refractivity contribution is 7.92. The zero-order valence-corrected chi connectivity index (χ0v) is 12.5. The Bertz CT molecular complexity index is 501. The molecule has 0 saturated heterocycles. The van der Waals surface area contributed by atoms with Crippen LogP contribution in [0.5, 0.6) is 5.75 Å². The van der Waals surface area contributed by atoms with Gasteiger partial charge in [0, 0.05) is 6.54 Å². The van der Waals surface area contributed by atoms with Crippen LogP contribution in [-0.2, 0) is 10.0 Å². The number of anilines is 1. The Labute approximate surface area is 115 Å². The van der Waals surface area contributed by atoms with Crippen LogP contribution in [0.25, 0.3) is 0 Å².